The highest BCUT2D eigenvalue weighted by Gasteiger charge is 2.28. The van der Waals surface area contributed by atoms with Crippen molar-refractivity contribution in [3.63, 3.8) is 0 Å². The minimum absolute atomic E-state index is 0.188. The number of aromatic nitrogens is 2. The number of fused-ring (bicyclic) bond motifs is 2. The van der Waals surface area contributed by atoms with Gasteiger partial charge in [-0.2, -0.15) is 0 Å². The molecule has 7 heteroatoms. The second-order valence-electron chi connectivity index (χ2n) is 7.84. The molecule has 0 unspecified atom stereocenters. The molecule has 166 valence electrons. The molecule has 1 aliphatic heterocycles. The van der Waals surface area contributed by atoms with Gasteiger partial charge in [-0.05, 0) is 36.2 Å². The summed E-state index contributed by atoms with van der Waals surface area (Å²) in [5.41, 5.74) is 3.53. The molecule has 0 bridgehead atoms. The van der Waals surface area contributed by atoms with E-state index in [0.717, 1.165) is 11.1 Å². The largest absolute Gasteiger partial charge is 0.493 e. The lowest BCUT2D eigenvalue weighted by Gasteiger charge is -2.30. The first-order valence-electron chi connectivity index (χ1n) is 10.6. The van der Waals surface area contributed by atoms with Crippen molar-refractivity contribution < 1.29 is 18.7 Å². The number of para-hydroxylation sites is 1. The van der Waals surface area contributed by atoms with Gasteiger partial charge in [-0.25, -0.2) is 14.4 Å². The summed E-state index contributed by atoms with van der Waals surface area (Å²) >= 11 is 0. The van der Waals surface area contributed by atoms with E-state index < -0.39 is 0 Å². The molecule has 0 atom stereocenters. The van der Waals surface area contributed by atoms with Crippen molar-refractivity contribution in [3.05, 3.63) is 83.3 Å². The number of hydrogen-bond donors (Lipinski definition) is 0. The Hall–Kier alpha value is -4.00. The molecule has 1 aromatic heterocycles. The van der Waals surface area contributed by atoms with Crippen molar-refractivity contribution in [1.29, 1.82) is 0 Å². The van der Waals surface area contributed by atoms with E-state index in [9.17, 15) is 9.18 Å². The zero-order chi connectivity index (χ0) is 22.9. The molecule has 3 aromatic carbocycles. The van der Waals surface area contributed by atoms with Crippen LogP contribution in [0.1, 0.15) is 21.6 Å². The summed E-state index contributed by atoms with van der Waals surface area (Å²) in [6, 6.07) is 17.3. The van der Waals surface area contributed by atoms with Gasteiger partial charge in [0.05, 0.1) is 19.7 Å². The van der Waals surface area contributed by atoms with Crippen LogP contribution in [0.2, 0.25) is 0 Å². The fraction of sp³-hybridized carbons (Fsp3) is 0.192. The van der Waals surface area contributed by atoms with Crippen LogP contribution in [0.5, 0.6) is 11.5 Å². The monoisotopic (exact) mass is 443 g/mol. The summed E-state index contributed by atoms with van der Waals surface area (Å²) in [5.74, 6) is 1.14. The van der Waals surface area contributed by atoms with E-state index in [1.54, 1.807) is 31.3 Å². The van der Waals surface area contributed by atoms with Gasteiger partial charge in [-0.3, -0.25) is 4.79 Å². The lowest BCUT2D eigenvalue weighted by Crippen LogP contribution is -2.36. The maximum absolute atomic E-state index is 13.8. The molecule has 6 nitrogen and oxygen atoms in total. The van der Waals surface area contributed by atoms with Crippen molar-refractivity contribution in [1.82, 2.24) is 14.9 Å². The molecular formula is C26H22FN3O3. The average molecular weight is 443 g/mol. The number of benzene rings is 3. The van der Waals surface area contributed by atoms with Crippen LogP contribution < -0.4 is 9.47 Å². The van der Waals surface area contributed by atoms with Crippen LogP contribution in [0.15, 0.2) is 60.7 Å². The van der Waals surface area contributed by atoms with E-state index in [4.69, 9.17) is 9.47 Å². The first-order valence-corrected chi connectivity index (χ1v) is 10.6. The van der Waals surface area contributed by atoms with E-state index in [2.05, 4.69) is 9.97 Å². The number of amides is 1. The third-order valence-corrected chi connectivity index (χ3v) is 5.91. The smallest absolute Gasteiger partial charge is 0.273 e. The van der Waals surface area contributed by atoms with Crippen LogP contribution in [0, 0.1) is 5.82 Å². The number of ether oxygens (including phenoxy) is 2. The molecule has 1 aliphatic rings. The Morgan fingerprint density at radius 1 is 1.00 bits per heavy atom. The van der Waals surface area contributed by atoms with E-state index >= 15 is 0 Å². The molecule has 0 saturated carbocycles. The Kier molecular flexibility index (Phi) is 5.38. The number of hydrogen-bond acceptors (Lipinski definition) is 5. The van der Waals surface area contributed by atoms with Gasteiger partial charge in [0.15, 0.2) is 17.3 Å². The number of nitrogens with zero attached hydrogens (tertiary/aromatic N) is 3. The Bertz CT molecular complexity index is 1370. The number of rotatable bonds is 4. The fourth-order valence-corrected chi connectivity index (χ4v) is 4.30. The highest BCUT2D eigenvalue weighted by Crippen LogP contribution is 2.36. The van der Waals surface area contributed by atoms with Gasteiger partial charge >= 0.3 is 0 Å². The lowest BCUT2D eigenvalue weighted by molar-refractivity contribution is 0.0730. The number of carbonyl (C=O) groups is 1. The van der Waals surface area contributed by atoms with Crippen molar-refractivity contribution in [2.45, 2.75) is 13.0 Å². The second kappa shape index (κ2) is 8.50. The van der Waals surface area contributed by atoms with Gasteiger partial charge in [-0.1, -0.05) is 36.4 Å². The molecule has 1 amide bonds. The summed E-state index contributed by atoms with van der Waals surface area (Å²) in [5, 5.41) is 0.667. The predicted molar refractivity (Wildman–Crippen MR) is 123 cm³/mol. The first kappa shape index (κ1) is 20.9. The van der Waals surface area contributed by atoms with Gasteiger partial charge < -0.3 is 14.4 Å². The zero-order valence-corrected chi connectivity index (χ0v) is 18.3. The molecule has 33 heavy (non-hydrogen) atoms. The van der Waals surface area contributed by atoms with Crippen LogP contribution in [-0.2, 0) is 13.0 Å². The van der Waals surface area contributed by atoms with Gasteiger partial charge in [0.2, 0.25) is 0 Å². The standard InChI is InChI=1S/C26H22FN3O3/c1-32-22-11-10-17-15-30(13-12-19(17)24(22)33-2)26(31)23-20-8-3-4-9-21(20)28-25(29-23)16-6-5-7-18(27)14-16/h3-11,14H,12-13,15H2,1-2H3. The lowest BCUT2D eigenvalue weighted by atomic mass is 9.97. The Balaban J connectivity index is 1.55. The van der Waals surface area contributed by atoms with Gasteiger partial charge in [0.1, 0.15) is 11.5 Å². The summed E-state index contributed by atoms with van der Waals surface area (Å²) in [7, 11) is 3.23. The minimum Gasteiger partial charge on any atom is -0.493 e. The fourth-order valence-electron chi connectivity index (χ4n) is 4.30. The number of carbonyl (C=O) groups excluding carboxylic acids is 1. The highest BCUT2D eigenvalue weighted by atomic mass is 19.1. The second-order valence-corrected chi connectivity index (χ2v) is 7.84. The number of methoxy groups -OCH3 is 2. The van der Waals surface area contributed by atoms with Crippen LogP contribution in [0.25, 0.3) is 22.3 Å². The molecule has 0 spiro atoms. The normalized spacial score (nSPS) is 13.0. The van der Waals surface area contributed by atoms with Crippen molar-refractivity contribution >= 4 is 16.8 Å². The van der Waals surface area contributed by atoms with E-state index in [1.165, 1.54) is 12.1 Å². The van der Waals surface area contributed by atoms with Crippen LogP contribution >= 0.6 is 0 Å². The third kappa shape index (κ3) is 3.75. The van der Waals surface area contributed by atoms with Crippen molar-refractivity contribution in [3.8, 4) is 22.9 Å². The summed E-state index contributed by atoms with van der Waals surface area (Å²) in [6.45, 7) is 0.950. The molecule has 0 fully saturated rings. The van der Waals surface area contributed by atoms with E-state index in [0.29, 0.717) is 59.0 Å². The average Bonchev–Trinajstić information content (AvgIpc) is 2.86. The molecule has 0 aliphatic carbocycles. The molecule has 4 aromatic rings. The zero-order valence-electron chi connectivity index (χ0n) is 18.3. The summed E-state index contributed by atoms with van der Waals surface area (Å²) in [4.78, 5) is 24.6. The molecule has 0 saturated heterocycles. The maximum Gasteiger partial charge on any atom is 0.273 e. The quantitative estimate of drug-likeness (QED) is 0.459. The topological polar surface area (TPSA) is 64.6 Å². The van der Waals surface area contributed by atoms with Crippen molar-refractivity contribution in [2.75, 3.05) is 20.8 Å². The van der Waals surface area contributed by atoms with Gasteiger partial charge in [-0.15, -0.1) is 0 Å². The summed E-state index contributed by atoms with van der Waals surface area (Å²) < 4.78 is 24.8. The van der Waals surface area contributed by atoms with Gasteiger partial charge in [0, 0.05) is 29.6 Å². The van der Waals surface area contributed by atoms with Crippen LogP contribution in [0.3, 0.4) is 0 Å². The van der Waals surface area contributed by atoms with Crippen LogP contribution in [0.4, 0.5) is 4.39 Å². The Morgan fingerprint density at radius 2 is 1.85 bits per heavy atom. The number of halogens is 1. The summed E-state index contributed by atoms with van der Waals surface area (Å²) in [6.07, 6.45) is 0.640. The highest BCUT2D eigenvalue weighted by molar-refractivity contribution is 6.05. The van der Waals surface area contributed by atoms with Gasteiger partial charge in [0.25, 0.3) is 5.91 Å². The first-order chi connectivity index (χ1) is 16.1. The molecule has 5 rings (SSSR count). The predicted octanol–water partition coefficient (Wildman–Crippen LogP) is 4.65. The molecule has 0 radical (unpaired) electrons. The maximum atomic E-state index is 13.8. The van der Waals surface area contributed by atoms with E-state index in [-0.39, 0.29) is 11.7 Å². The molecule has 2 heterocycles. The SMILES string of the molecule is COc1ccc2c(c1OC)CCN(C(=O)c1nc(-c3cccc(F)c3)nc3ccccc13)C2. The van der Waals surface area contributed by atoms with Crippen LogP contribution in [-0.4, -0.2) is 41.5 Å². The Morgan fingerprint density at radius 3 is 2.64 bits per heavy atom. The third-order valence-electron chi connectivity index (χ3n) is 5.91. The Labute approximate surface area is 190 Å². The van der Waals surface area contributed by atoms with E-state index in [1.807, 2.05) is 36.4 Å². The molecular weight excluding hydrogens is 421 g/mol. The van der Waals surface area contributed by atoms with Crippen molar-refractivity contribution in [2.24, 2.45) is 0 Å². The molecule has 0 N–H and O–H groups in total. The minimum atomic E-state index is -0.380.